The molecule has 7 heteroatoms. The van der Waals surface area contributed by atoms with Crippen LogP contribution >= 0.6 is 0 Å². The average Bonchev–Trinajstić information content (AvgIpc) is 3.33. The minimum Gasteiger partial charge on any atom is -0.457 e. The Labute approximate surface area is 161 Å². The second-order valence-corrected chi connectivity index (χ2v) is 6.51. The van der Waals surface area contributed by atoms with Gasteiger partial charge in [0.05, 0.1) is 11.8 Å². The summed E-state index contributed by atoms with van der Waals surface area (Å²) >= 11 is 0. The van der Waals surface area contributed by atoms with Crippen molar-refractivity contribution in [2.24, 2.45) is 0 Å². The number of rotatable bonds is 4. The van der Waals surface area contributed by atoms with Crippen LogP contribution in [-0.4, -0.2) is 20.7 Å². The number of fused-ring (bicyclic) bond motifs is 1. The summed E-state index contributed by atoms with van der Waals surface area (Å²) in [6, 6.07) is 12.3. The molecule has 0 atom stereocenters. The van der Waals surface area contributed by atoms with Gasteiger partial charge in [-0.3, -0.25) is 0 Å². The predicted octanol–water partition coefficient (Wildman–Crippen LogP) is 3.88. The van der Waals surface area contributed by atoms with Crippen LogP contribution in [0.3, 0.4) is 0 Å². The smallest absolute Gasteiger partial charge is 0.379 e. The van der Waals surface area contributed by atoms with E-state index in [-0.39, 0.29) is 5.76 Å². The number of carbonyl (C=O) groups is 1. The Morgan fingerprint density at radius 2 is 2.04 bits per heavy atom. The molecule has 7 nitrogen and oxygen atoms in total. The van der Waals surface area contributed by atoms with Gasteiger partial charge in [-0.05, 0) is 48.7 Å². The Kier molecular flexibility index (Phi) is 5.02. The minimum absolute atomic E-state index is 0.142. The summed E-state index contributed by atoms with van der Waals surface area (Å²) in [6.07, 6.45) is 7.39. The van der Waals surface area contributed by atoms with Gasteiger partial charge in [0, 0.05) is 13.0 Å². The molecule has 0 amide bonds. The molecule has 0 N–H and O–H groups in total. The lowest BCUT2D eigenvalue weighted by Gasteiger charge is -2.06. The van der Waals surface area contributed by atoms with Gasteiger partial charge >= 0.3 is 5.97 Å². The van der Waals surface area contributed by atoms with Crippen LogP contribution in [0.15, 0.2) is 47.1 Å². The third kappa shape index (κ3) is 3.71. The molecule has 0 radical (unpaired) electrons. The van der Waals surface area contributed by atoms with E-state index < -0.39 is 5.97 Å². The molecule has 0 spiro atoms. The molecule has 0 aliphatic carbocycles. The molecular weight excluding hydrogens is 356 g/mol. The van der Waals surface area contributed by atoms with Gasteiger partial charge in [-0.25, -0.2) is 4.79 Å². The van der Waals surface area contributed by atoms with E-state index in [4.69, 9.17) is 9.15 Å². The van der Waals surface area contributed by atoms with Crippen molar-refractivity contribution in [1.29, 1.82) is 5.26 Å². The number of allylic oxidation sites excluding steroid dienone is 1. The molecule has 4 rings (SSSR count). The van der Waals surface area contributed by atoms with E-state index >= 15 is 0 Å². The monoisotopic (exact) mass is 374 g/mol. The molecule has 2 aromatic heterocycles. The Morgan fingerprint density at radius 3 is 2.79 bits per heavy atom. The van der Waals surface area contributed by atoms with Crippen LogP contribution in [0.4, 0.5) is 0 Å². The maximum atomic E-state index is 11.9. The quantitative estimate of drug-likeness (QED) is 0.391. The zero-order chi connectivity index (χ0) is 19.3. The van der Waals surface area contributed by atoms with E-state index in [1.807, 2.05) is 4.57 Å². The third-order valence-electron chi connectivity index (χ3n) is 4.59. The predicted molar refractivity (Wildman–Crippen MR) is 101 cm³/mol. The molecule has 140 valence electrons. The first-order chi connectivity index (χ1) is 13.7. The zero-order valence-electron chi connectivity index (χ0n) is 15.2. The second-order valence-electron chi connectivity index (χ2n) is 6.51. The Balaban J connectivity index is 1.54. The van der Waals surface area contributed by atoms with Crippen molar-refractivity contribution in [2.45, 2.75) is 32.2 Å². The number of aryl methyl sites for hydroxylation is 1. The van der Waals surface area contributed by atoms with E-state index in [1.165, 1.54) is 6.26 Å². The molecular formula is C21H18N4O3. The van der Waals surface area contributed by atoms with Gasteiger partial charge in [0.1, 0.15) is 17.6 Å². The molecule has 0 saturated heterocycles. The van der Waals surface area contributed by atoms with Crippen molar-refractivity contribution >= 4 is 17.6 Å². The number of furan rings is 1. The van der Waals surface area contributed by atoms with Crippen LogP contribution in [-0.2, 0) is 13.0 Å². The first kappa shape index (κ1) is 17.7. The molecule has 3 aromatic rings. The van der Waals surface area contributed by atoms with Crippen molar-refractivity contribution in [2.75, 3.05) is 0 Å². The lowest BCUT2D eigenvalue weighted by Crippen LogP contribution is -2.07. The van der Waals surface area contributed by atoms with Gasteiger partial charge in [0.25, 0.3) is 0 Å². The van der Waals surface area contributed by atoms with Gasteiger partial charge in [0.15, 0.2) is 5.82 Å². The molecule has 0 unspecified atom stereocenters. The molecule has 28 heavy (non-hydrogen) atoms. The fourth-order valence-electron chi connectivity index (χ4n) is 3.18. The van der Waals surface area contributed by atoms with Crippen LogP contribution in [0, 0.1) is 11.3 Å². The van der Waals surface area contributed by atoms with Gasteiger partial charge in [-0.2, -0.15) is 5.26 Å². The number of aromatic nitrogens is 3. The number of hydrogen-bond donors (Lipinski definition) is 0. The van der Waals surface area contributed by atoms with Gasteiger partial charge in [0.2, 0.25) is 5.76 Å². The summed E-state index contributed by atoms with van der Waals surface area (Å²) < 4.78 is 12.3. The summed E-state index contributed by atoms with van der Waals surface area (Å²) in [6.45, 7) is 0.832. The summed E-state index contributed by atoms with van der Waals surface area (Å²) in [7, 11) is 0. The van der Waals surface area contributed by atoms with Crippen molar-refractivity contribution in [3.05, 3.63) is 65.6 Å². The van der Waals surface area contributed by atoms with E-state index in [2.05, 4.69) is 16.3 Å². The minimum atomic E-state index is -0.558. The van der Waals surface area contributed by atoms with Gasteiger partial charge in [-0.15, -0.1) is 10.2 Å². The van der Waals surface area contributed by atoms with Gasteiger partial charge < -0.3 is 13.7 Å². The number of hydrogen-bond acceptors (Lipinski definition) is 6. The zero-order valence-corrected chi connectivity index (χ0v) is 15.2. The Morgan fingerprint density at radius 1 is 1.18 bits per heavy atom. The van der Waals surface area contributed by atoms with Crippen LogP contribution in [0.1, 0.15) is 47.0 Å². The van der Waals surface area contributed by atoms with Crippen molar-refractivity contribution in [3.63, 3.8) is 0 Å². The highest BCUT2D eigenvalue weighted by Gasteiger charge is 2.17. The van der Waals surface area contributed by atoms with Gasteiger partial charge in [-0.1, -0.05) is 18.6 Å². The number of benzene rings is 1. The maximum absolute atomic E-state index is 11.9. The highest BCUT2D eigenvalue weighted by Crippen LogP contribution is 2.22. The summed E-state index contributed by atoms with van der Waals surface area (Å²) in [5.74, 6) is 1.52. The Hall–Kier alpha value is -3.66. The summed E-state index contributed by atoms with van der Waals surface area (Å²) in [4.78, 5) is 11.9. The van der Waals surface area contributed by atoms with E-state index in [0.717, 1.165) is 43.6 Å². The lowest BCUT2D eigenvalue weighted by atomic mass is 10.1. The maximum Gasteiger partial charge on any atom is 0.379 e. The van der Waals surface area contributed by atoms with E-state index in [9.17, 15) is 10.1 Å². The third-order valence-corrected chi connectivity index (χ3v) is 4.59. The standard InChI is InChI=1S/C21H18N4O3/c22-14-16(20-24-23-19-6-2-1-3-11-25(19)20)13-15-7-9-17(10-8-15)28-21(26)18-5-4-12-27-18/h4-5,7-10,12-13H,1-3,6,11H2/b16-13+. The summed E-state index contributed by atoms with van der Waals surface area (Å²) in [5.41, 5.74) is 1.27. The molecule has 0 bridgehead atoms. The SMILES string of the molecule is N#C/C(=C\c1ccc(OC(=O)c2ccco2)cc1)c1nnc2n1CCCCC2. The molecule has 0 saturated carbocycles. The highest BCUT2D eigenvalue weighted by atomic mass is 16.5. The van der Waals surface area contributed by atoms with E-state index in [1.54, 1.807) is 42.5 Å². The number of carbonyl (C=O) groups excluding carboxylic acids is 1. The highest BCUT2D eigenvalue weighted by molar-refractivity contribution is 5.89. The number of ether oxygens (including phenoxy) is 1. The average molecular weight is 374 g/mol. The largest absolute Gasteiger partial charge is 0.457 e. The van der Waals surface area contributed by atoms with E-state index in [0.29, 0.717) is 17.1 Å². The van der Waals surface area contributed by atoms with Crippen LogP contribution < -0.4 is 4.74 Å². The fraction of sp³-hybridized carbons (Fsp3) is 0.238. The summed E-state index contributed by atoms with van der Waals surface area (Å²) in [5, 5.41) is 18.1. The van der Waals surface area contributed by atoms with Crippen LogP contribution in [0.2, 0.25) is 0 Å². The van der Waals surface area contributed by atoms with Crippen molar-refractivity contribution < 1.29 is 13.9 Å². The first-order valence-electron chi connectivity index (χ1n) is 9.14. The van der Waals surface area contributed by atoms with Crippen molar-refractivity contribution in [3.8, 4) is 11.8 Å². The number of nitriles is 1. The topological polar surface area (TPSA) is 93.9 Å². The van der Waals surface area contributed by atoms with Crippen molar-refractivity contribution in [1.82, 2.24) is 14.8 Å². The number of esters is 1. The van der Waals surface area contributed by atoms with Crippen LogP contribution in [0.5, 0.6) is 5.75 Å². The second kappa shape index (κ2) is 7.92. The normalized spacial score (nSPS) is 14.0. The molecule has 3 heterocycles. The lowest BCUT2D eigenvalue weighted by molar-refractivity contribution is 0.0701. The van der Waals surface area contributed by atoms with Crippen LogP contribution in [0.25, 0.3) is 11.6 Å². The Bertz CT molecular complexity index is 1040. The molecule has 1 aliphatic rings. The first-order valence-corrected chi connectivity index (χ1v) is 9.14. The fourth-order valence-corrected chi connectivity index (χ4v) is 3.18. The molecule has 1 aliphatic heterocycles. The molecule has 0 fully saturated rings. The number of nitrogens with zero attached hydrogens (tertiary/aromatic N) is 4. The molecule has 1 aromatic carbocycles.